The van der Waals surface area contributed by atoms with Crippen LogP contribution in [0.2, 0.25) is 0 Å². The van der Waals surface area contributed by atoms with E-state index >= 15 is 0 Å². The lowest BCUT2D eigenvalue weighted by atomic mass is 10.0. The zero-order valence-corrected chi connectivity index (χ0v) is 22.9. The van der Waals surface area contributed by atoms with Crippen molar-refractivity contribution in [3.05, 3.63) is 59.7 Å². The molecule has 0 saturated heterocycles. The number of benzene rings is 2. The van der Waals surface area contributed by atoms with Gasteiger partial charge < -0.3 is 25.6 Å². The molecule has 3 aromatic rings. The van der Waals surface area contributed by atoms with Crippen LogP contribution in [-0.4, -0.2) is 76.6 Å². The molecule has 0 saturated carbocycles. The van der Waals surface area contributed by atoms with Crippen molar-refractivity contribution in [1.82, 2.24) is 14.6 Å². The number of aliphatic imine (C=N–C) groups is 1. The normalized spacial score (nSPS) is 14.2. The maximum atomic E-state index is 13.8. The number of aromatic hydroxyl groups is 1. The fourth-order valence-corrected chi connectivity index (χ4v) is 6.12. The number of hydrogen-bond acceptors (Lipinski definition) is 6. The van der Waals surface area contributed by atoms with Crippen LogP contribution in [-0.2, 0) is 16.4 Å². The van der Waals surface area contributed by atoms with Crippen LogP contribution < -0.4 is 5.32 Å². The summed E-state index contributed by atoms with van der Waals surface area (Å²) in [6, 6.07) is 12.7. The molecular formula is C27H36N4O6S. The highest BCUT2D eigenvalue weighted by Gasteiger charge is 2.32. The van der Waals surface area contributed by atoms with Crippen LogP contribution in [0.4, 0.5) is 4.79 Å². The number of nitrogens with zero attached hydrogens (tertiary/aromatic N) is 2. The Labute approximate surface area is 223 Å². The van der Waals surface area contributed by atoms with Gasteiger partial charge in [-0.15, -0.1) is 0 Å². The predicted octanol–water partition coefficient (Wildman–Crippen LogP) is 3.59. The molecule has 38 heavy (non-hydrogen) atoms. The average Bonchev–Trinajstić information content (AvgIpc) is 3.18. The van der Waals surface area contributed by atoms with Gasteiger partial charge in [0.2, 0.25) is 10.0 Å². The zero-order valence-electron chi connectivity index (χ0n) is 22.0. The number of aromatic nitrogens is 1. The molecule has 2 unspecified atom stereocenters. The van der Waals surface area contributed by atoms with Gasteiger partial charge in [-0.05, 0) is 49.9 Å². The molecule has 2 atom stereocenters. The third kappa shape index (κ3) is 6.91. The van der Waals surface area contributed by atoms with Crippen molar-refractivity contribution in [2.75, 3.05) is 19.6 Å². The SMILES string of the molecule is CCN=C(C)c1c(O)[nH]c2ccc(S(=O)(=O)N(CC(C)C)CC(O)C(Cc3ccccc3)NC(=O)O)cc12. The fraction of sp³-hybridized carbons (Fsp3) is 0.407. The van der Waals surface area contributed by atoms with Crippen LogP contribution in [0.3, 0.4) is 0 Å². The van der Waals surface area contributed by atoms with Crippen molar-refractivity contribution in [1.29, 1.82) is 0 Å². The van der Waals surface area contributed by atoms with Crippen LogP contribution in [0.15, 0.2) is 58.4 Å². The molecule has 1 amide bonds. The van der Waals surface area contributed by atoms with Gasteiger partial charge in [0, 0.05) is 36.2 Å². The lowest BCUT2D eigenvalue weighted by Crippen LogP contribution is -2.50. The van der Waals surface area contributed by atoms with E-state index in [0.717, 1.165) is 5.56 Å². The fourth-order valence-electron chi connectivity index (χ4n) is 4.47. The van der Waals surface area contributed by atoms with E-state index in [4.69, 9.17) is 0 Å². The third-order valence-electron chi connectivity index (χ3n) is 6.18. The number of amides is 1. The minimum atomic E-state index is -4.10. The Morgan fingerprint density at radius 1 is 1.13 bits per heavy atom. The summed E-state index contributed by atoms with van der Waals surface area (Å²) >= 11 is 0. The van der Waals surface area contributed by atoms with E-state index in [1.807, 2.05) is 51.1 Å². The number of aliphatic hydroxyl groups excluding tert-OH is 1. The van der Waals surface area contributed by atoms with Crippen molar-refractivity contribution >= 4 is 32.7 Å². The van der Waals surface area contributed by atoms with E-state index in [2.05, 4.69) is 15.3 Å². The monoisotopic (exact) mass is 544 g/mol. The largest absolute Gasteiger partial charge is 0.494 e. The van der Waals surface area contributed by atoms with Crippen molar-refractivity contribution in [2.24, 2.45) is 10.9 Å². The Bertz CT molecular complexity index is 1390. The van der Waals surface area contributed by atoms with Gasteiger partial charge >= 0.3 is 6.09 Å². The molecule has 10 nitrogen and oxygen atoms in total. The Morgan fingerprint density at radius 3 is 2.42 bits per heavy atom. The predicted molar refractivity (Wildman–Crippen MR) is 147 cm³/mol. The van der Waals surface area contributed by atoms with Gasteiger partial charge in [-0.2, -0.15) is 4.31 Å². The van der Waals surface area contributed by atoms with E-state index in [-0.39, 0.29) is 36.2 Å². The van der Waals surface area contributed by atoms with Gasteiger partial charge in [0.1, 0.15) is 0 Å². The number of carboxylic acid groups (broad SMARTS) is 1. The van der Waals surface area contributed by atoms with Crippen molar-refractivity contribution in [3.63, 3.8) is 0 Å². The number of sulfonamides is 1. The number of aliphatic hydroxyl groups is 1. The molecule has 0 radical (unpaired) electrons. The lowest BCUT2D eigenvalue weighted by molar-refractivity contribution is 0.0980. The first-order valence-corrected chi connectivity index (χ1v) is 14.0. The second kappa shape index (κ2) is 12.4. The zero-order chi connectivity index (χ0) is 28.0. The van der Waals surface area contributed by atoms with E-state index in [9.17, 15) is 28.5 Å². The molecule has 5 N–H and O–H groups in total. The molecule has 0 aliphatic heterocycles. The first-order valence-electron chi connectivity index (χ1n) is 12.5. The lowest BCUT2D eigenvalue weighted by Gasteiger charge is -2.30. The van der Waals surface area contributed by atoms with E-state index in [1.54, 1.807) is 13.0 Å². The highest BCUT2D eigenvalue weighted by molar-refractivity contribution is 7.89. The Hall–Kier alpha value is -3.41. The van der Waals surface area contributed by atoms with Crippen molar-refractivity contribution in [2.45, 2.75) is 51.2 Å². The first kappa shape index (κ1) is 29.2. The molecule has 0 fully saturated rings. The minimum Gasteiger partial charge on any atom is -0.494 e. The Kier molecular flexibility index (Phi) is 9.53. The van der Waals surface area contributed by atoms with Gasteiger partial charge in [-0.1, -0.05) is 44.2 Å². The van der Waals surface area contributed by atoms with Crippen molar-refractivity contribution < 1.29 is 28.5 Å². The molecule has 3 rings (SSSR count). The number of nitrogens with one attached hydrogen (secondary N) is 2. The summed E-state index contributed by atoms with van der Waals surface area (Å²) in [4.78, 5) is 18.7. The van der Waals surface area contributed by atoms with E-state index in [1.165, 1.54) is 16.4 Å². The highest BCUT2D eigenvalue weighted by atomic mass is 32.2. The summed E-state index contributed by atoms with van der Waals surface area (Å²) in [6.07, 6.45) is -2.43. The number of fused-ring (bicyclic) bond motifs is 1. The van der Waals surface area contributed by atoms with Crippen LogP contribution in [0.1, 0.15) is 38.8 Å². The molecule has 11 heteroatoms. The number of H-pyrrole nitrogens is 1. The Morgan fingerprint density at radius 2 is 1.82 bits per heavy atom. The van der Waals surface area contributed by atoms with Crippen LogP contribution in [0.5, 0.6) is 5.88 Å². The summed E-state index contributed by atoms with van der Waals surface area (Å²) in [5, 5.41) is 33.7. The molecule has 1 aromatic heterocycles. The van der Waals surface area contributed by atoms with Gasteiger partial charge in [0.05, 0.1) is 22.6 Å². The van der Waals surface area contributed by atoms with Gasteiger partial charge in [0.15, 0.2) is 5.88 Å². The first-order chi connectivity index (χ1) is 17.9. The van der Waals surface area contributed by atoms with Gasteiger partial charge in [-0.25, -0.2) is 13.2 Å². The molecule has 0 aliphatic carbocycles. The van der Waals surface area contributed by atoms with Crippen LogP contribution in [0, 0.1) is 5.92 Å². The van der Waals surface area contributed by atoms with Gasteiger partial charge in [0.25, 0.3) is 0 Å². The summed E-state index contributed by atoms with van der Waals surface area (Å²) in [5.41, 5.74) is 2.37. The summed E-state index contributed by atoms with van der Waals surface area (Å²) in [5.74, 6) is -0.159. The maximum Gasteiger partial charge on any atom is 0.404 e. The number of hydrogen-bond donors (Lipinski definition) is 5. The summed E-state index contributed by atoms with van der Waals surface area (Å²) in [6.45, 7) is 7.65. The Balaban J connectivity index is 1.98. The van der Waals surface area contributed by atoms with Crippen LogP contribution in [0.25, 0.3) is 10.9 Å². The molecule has 2 aromatic carbocycles. The quantitative estimate of drug-likeness (QED) is 0.220. The average molecular weight is 545 g/mol. The van der Waals surface area contributed by atoms with E-state index < -0.39 is 28.3 Å². The highest BCUT2D eigenvalue weighted by Crippen LogP contribution is 2.31. The molecule has 1 heterocycles. The second-order valence-electron chi connectivity index (χ2n) is 9.64. The maximum absolute atomic E-state index is 13.8. The summed E-state index contributed by atoms with van der Waals surface area (Å²) < 4.78 is 28.9. The molecule has 0 spiro atoms. The molecule has 0 bridgehead atoms. The van der Waals surface area contributed by atoms with Crippen molar-refractivity contribution in [3.8, 4) is 5.88 Å². The second-order valence-corrected chi connectivity index (χ2v) is 11.6. The number of carbonyl (C=O) groups is 1. The minimum absolute atomic E-state index is 0.00629. The van der Waals surface area contributed by atoms with E-state index in [0.29, 0.717) is 28.7 Å². The van der Waals surface area contributed by atoms with Gasteiger partial charge in [-0.3, -0.25) is 4.99 Å². The van der Waals surface area contributed by atoms with Crippen LogP contribution >= 0.6 is 0 Å². The number of rotatable bonds is 12. The molecule has 0 aliphatic rings. The summed E-state index contributed by atoms with van der Waals surface area (Å²) in [7, 11) is -4.10. The smallest absolute Gasteiger partial charge is 0.404 e. The number of aromatic amines is 1. The molecular weight excluding hydrogens is 508 g/mol. The standard InChI is InChI=1S/C27H36N4O6S/c1-5-28-18(4)25-21-14-20(11-12-22(21)29-26(25)33)38(36,37)31(15-17(2)3)16-24(32)23(30-27(34)35)13-19-9-7-6-8-10-19/h6-12,14,17,23-24,29-30,32-33H,5,13,15-16H2,1-4H3,(H,34,35). The topological polar surface area (TPSA) is 155 Å². The third-order valence-corrected chi connectivity index (χ3v) is 8.00. The molecule has 206 valence electrons.